The van der Waals surface area contributed by atoms with Crippen molar-refractivity contribution in [2.45, 2.75) is 6.92 Å². The Labute approximate surface area is 115 Å². The minimum atomic E-state index is -0.0702. The molecule has 0 spiro atoms. The molecule has 1 N–H and O–H groups in total. The molecule has 1 aliphatic rings. The first kappa shape index (κ1) is 12.0. The summed E-state index contributed by atoms with van der Waals surface area (Å²) >= 11 is 5.99. The molecule has 1 amide bonds. The van der Waals surface area contributed by atoms with Gasteiger partial charge in [-0.15, -0.1) is 0 Å². The third kappa shape index (κ3) is 2.15. The average Bonchev–Trinajstić information content (AvgIpc) is 2.71. The first-order valence-corrected chi connectivity index (χ1v) is 6.31. The maximum Gasteiger partial charge on any atom is 0.254 e. The molecule has 1 aromatic heterocycles. The zero-order valence-electron chi connectivity index (χ0n) is 10.4. The standard InChI is InChI=1S/C14H12ClN3O/c1-9-2-5-13(17-9)18-12-4-3-11(15)6-10(12)7-16-8-14(18)19/h2-7,17H,8H2,1H3. The van der Waals surface area contributed by atoms with Gasteiger partial charge in [0.15, 0.2) is 0 Å². The van der Waals surface area contributed by atoms with Gasteiger partial charge in [-0.05, 0) is 37.3 Å². The summed E-state index contributed by atoms with van der Waals surface area (Å²) in [6.07, 6.45) is 1.69. The third-order valence-electron chi connectivity index (χ3n) is 2.99. The van der Waals surface area contributed by atoms with E-state index in [1.54, 1.807) is 17.2 Å². The number of aryl methyl sites for hydroxylation is 1. The highest BCUT2D eigenvalue weighted by Gasteiger charge is 2.23. The first-order valence-electron chi connectivity index (χ1n) is 5.93. The second-order valence-electron chi connectivity index (χ2n) is 4.43. The van der Waals surface area contributed by atoms with Crippen LogP contribution >= 0.6 is 11.6 Å². The number of anilines is 2. The fourth-order valence-electron chi connectivity index (χ4n) is 2.14. The van der Waals surface area contributed by atoms with E-state index in [2.05, 4.69) is 9.98 Å². The van der Waals surface area contributed by atoms with Gasteiger partial charge in [0.25, 0.3) is 5.91 Å². The summed E-state index contributed by atoms with van der Waals surface area (Å²) in [7, 11) is 0. The Balaban J connectivity index is 2.17. The molecular weight excluding hydrogens is 262 g/mol. The number of carbonyl (C=O) groups excluding carboxylic acids is 1. The number of carbonyl (C=O) groups is 1. The number of benzodiazepines with no additional fused rings is 1. The molecule has 0 aliphatic carbocycles. The van der Waals surface area contributed by atoms with E-state index >= 15 is 0 Å². The Hall–Kier alpha value is -2.07. The molecule has 1 aliphatic heterocycles. The summed E-state index contributed by atoms with van der Waals surface area (Å²) < 4.78 is 0. The molecule has 2 aromatic rings. The number of hydrogen-bond donors (Lipinski definition) is 1. The maximum atomic E-state index is 12.2. The van der Waals surface area contributed by atoms with E-state index in [-0.39, 0.29) is 12.5 Å². The predicted octanol–water partition coefficient (Wildman–Crippen LogP) is 3.07. The van der Waals surface area contributed by atoms with E-state index in [1.165, 1.54) is 0 Å². The molecule has 0 saturated heterocycles. The molecule has 0 saturated carbocycles. The summed E-state index contributed by atoms with van der Waals surface area (Å²) in [5, 5.41) is 0.627. The van der Waals surface area contributed by atoms with Crippen LogP contribution in [0.1, 0.15) is 11.3 Å². The molecule has 0 radical (unpaired) electrons. The maximum absolute atomic E-state index is 12.2. The minimum Gasteiger partial charge on any atom is -0.345 e. The lowest BCUT2D eigenvalue weighted by molar-refractivity contribution is -0.116. The van der Waals surface area contributed by atoms with Crippen LogP contribution in [-0.2, 0) is 4.79 Å². The van der Waals surface area contributed by atoms with Gasteiger partial charge in [-0.2, -0.15) is 0 Å². The third-order valence-corrected chi connectivity index (χ3v) is 3.23. The zero-order valence-corrected chi connectivity index (χ0v) is 11.1. The van der Waals surface area contributed by atoms with E-state index in [1.807, 2.05) is 31.2 Å². The van der Waals surface area contributed by atoms with Crippen molar-refractivity contribution >= 4 is 35.2 Å². The molecule has 0 fully saturated rings. The molecule has 2 heterocycles. The quantitative estimate of drug-likeness (QED) is 0.853. The topological polar surface area (TPSA) is 48.5 Å². The number of rotatable bonds is 1. The van der Waals surface area contributed by atoms with E-state index in [4.69, 9.17) is 11.6 Å². The number of benzene rings is 1. The number of nitrogens with zero attached hydrogens (tertiary/aromatic N) is 2. The van der Waals surface area contributed by atoms with Gasteiger partial charge < -0.3 is 4.98 Å². The molecule has 4 nitrogen and oxygen atoms in total. The Morgan fingerprint density at radius 3 is 2.89 bits per heavy atom. The highest BCUT2D eigenvalue weighted by Crippen LogP contribution is 2.30. The van der Waals surface area contributed by atoms with Gasteiger partial charge in [-0.1, -0.05) is 11.6 Å². The van der Waals surface area contributed by atoms with Gasteiger partial charge in [0.2, 0.25) is 0 Å². The van der Waals surface area contributed by atoms with Crippen molar-refractivity contribution in [1.82, 2.24) is 4.98 Å². The van der Waals surface area contributed by atoms with Crippen LogP contribution in [0.5, 0.6) is 0 Å². The first-order chi connectivity index (χ1) is 9.15. The van der Waals surface area contributed by atoms with Crippen molar-refractivity contribution in [3.8, 4) is 0 Å². The van der Waals surface area contributed by atoms with E-state index in [9.17, 15) is 4.79 Å². The smallest absolute Gasteiger partial charge is 0.254 e. The summed E-state index contributed by atoms with van der Waals surface area (Å²) in [5.41, 5.74) is 2.63. The van der Waals surface area contributed by atoms with Crippen LogP contribution in [0.25, 0.3) is 0 Å². The van der Waals surface area contributed by atoms with Crippen molar-refractivity contribution in [3.63, 3.8) is 0 Å². The molecule has 19 heavy (non-hydrogen) atoms. The molecule has 1 aromatic carbocycles. The van der Waals surface area contributed by atoms with Gasteiger partial charge in [0.05, 0.1) is 5.69 Å². The molecule has 96 valence electrons. The SMILES string of the molecule is Cc1ccc(N2C(=O)CN=Cc3cc(Cl)ccc32)[nH]1. The van der Waals surface area contributed by atoms with Gasteiger partial charge in [0, 0.05) is 22.5 Å². The van der Waals surface area contributed by atoms with Gasteiger partial charge in [-0.3, -0.25) is 14.7 Å². The number of halogens is 1. The Bertz CT molecular complexity index is 675. The van der Waals surface area contributed by atoms with Crippen molar-refractivity contribution in [3.05, 3.63) is 46.6 Å². The number of aliphatic imine (C=N–C) groups is 1. The van der Waals surface area contributed by atoms with E-state index in [0.29, 0.717) is 5.02 Å². The normalized spacial score (nSPS) is 14.4. The fourth-order valence-corrected chi connectivity index (χ4v) is 2.32. The van der Waals surface area contributed by atoms with Crippen LogP contribution in [0.4, 0.5) is 11.5 Å². The molecule has 0 atom stereocenters. The summed E-state index contributed by atoms with van der Waals surface area (Å²) in [4.78, 5) is 21.2. The number of aromatic amines is 1. The Kier molecular flexibility index (Phi) is 2.87. The summed E-state index contributed by atoms with van der Waals surface area (Å²) in [6.45, 7) is 2.08. The van der Waals surface area contributed by atoms with Gasteiger partial charge in [-0.25, -0.2) is 0 Å². The molecule has 3 rings (SSSR count). The number of nitrogens with one attached hydrogen (secondary N) is 1. The van der Waals surface area contributed by atoms with Crippen LogP contribution in [0.2, 0.25) is 5.02 Å². The van der Waals surface area contributed by atoms with Gasteiger partial charge >= 0.3 is 0 Å². The molecule has 5 heteroatoms. The van der Waals surface area contributed by atoms with Crippen LogP contribution in [0.15, 0.2) is 35.3 Å². The molecular formula is C14H12ClN3O. The minimum absolute atomic E-state index is 0.0702. The molecule has 0 unspecified atom stereocenters. The number of H-pyrrole nitrogens is 1. The van der Waals surface area contributed by atoms with Crippen LogP contribution < -0.4 is 4.90 Å². The number of fused-ring (bicyclic) bond motifs is 1. The van der Waals surface area contributed by atoms with Gasteiger partial charge in [0.1, 0.15) is 12.4 Å². The van der Waals surface area contributed by atoms with Crippen molar-refractivity contribution < 1.29 is 4.79 Å². The van der Waals surface area contributed by atoms with E-state index in [0.717, 1.165) is 22.8 Å². The van der Waals surface area contributed by atoms with Crippen LogP contribution in [0, 0.1) is 6.92 Å². The number of aromatic nitrogens is 1. The second kappa shape index (κ2) is 4.55. The lowest BCUT2D eigenvalue weighted by Crippen LogP contribution is -2.27. The number of amides is 1. The Morgan fingerprint density at radius 1 is 1.32 bits per heavy atom. The average molecular weight is 274 g/mol. The van der Waals surface area contributed by atoms with Crippen LogP contribution in [-0.4, -0.2) is 23.7 Å². The fraction of sp³-hybridized carbons (Fsp3) is 0.143. The summed E-state index contributed by atoms with van der Waals surface area (Å²) in [6, 6.07) is 9.24. The monoisotopic (exact) mass is 273 g/mol. The highest BCUT2D eigenvalue weighted by molar-refractivity contribution is 6.31. The van der Waals surface area contributed by atoms with Crippen LogP contribution in [0.3, 0.4) is 0 Å². The second-order valence-corrected chi connectivity index (χ2v) is 4.87. The largest absolute Gasteiger partial charge is 0.345 e. The zero-order chi connectivity index (χ0) is 13.4. The van der Waals surface area contributed by atoms with Crippen molar-refractivity contribution in [2.24, 2.45) is 4.99 Å². The van der Waals surface area contributed by atoms with E-state index < -0.39 is 0 Å². The highest BCUT2D eigenvalue weighted by atomic mass is 35.5. The summed E-state index contributed by atoms with van der Waals surface area (Å²) in [5.74, 6) is 0.677. The lowest BCUT2D eigenvalue weighted by atomic mass is 10.1. The molecule has 0 bridgehead atoms. The predicted molar refractivity (Wildman–Crippen MR) is 76.6 cm³/mol. The Morgan fingerprint density at radius 2 is 2.16 bits per heavy atom. The van der Waals surface area contributed by atoms with Crippen molar-refractivity contribution in [1.29, 1.82) is 0 Å². The lowest BCUT2D eigenvalue weighted by Gasteiger charge is -2.21. The van der Waals surface area contributed by atoms with Crippen molar-refractivity contribution in [2.75, 3.05) is 11.4 Å². The number of hydrogen-bond acceptors (Lipinski definition) is 2.